The van der Waals surface area contributed by atoms with Crippen LogP contribution in [-0.4, -0.2) is 47.2 Å². The minimum atomic E-state index is -3.61. The normalized spacial score (nSPS) is 16.2. The Morgan fingerprint density at radius 2 is 2.00 bits per heavy atom. The Morgan fingerprint density at radius 1 is 1.26 bits per heavy atom. The fourth-order valence-electron chi connectivity index (χ4n) is 4.08. The summed E-state index contributed by atoms with van der Waals surface area (Å²) in [5.74, 6) is -0.544. The van der Waals surface area contributed by atoms with E-state index >= 15 is 0 Å². The van der Waals surface area contributed by atoms with Crippen molar-refractivity contribution in [3.8, 4) is 0 Å². The van der Waals surface area contributed by atoms with Crippen molar-refractivity contribution >= 4 is 37.2 Å². The van der Waals surface area contributed by atoms with E-state index < -0.39 is 32.5 Å². The Bertz CT molecular complexity index is 1340. The molecule has 1 atom stereocenters. The first-order valence-corrected chi connectivity index (χ1v) is 13.5. The number of rotatable bonds is 8. The van der Waals surface area contributed by atoms with Gasteiger partial charge in [-0.2, -0.15) is 0 Å². The van der Waals surface area contributed by atoms with Gasteiger partial charge in [0.1, 0.15) is 20.9 Å². The van der Waals surface area contributed by atoms with Crippen molar-refractivity contribution in [3.63, 3.8) is 0 Å². The molecule has 0 saturated carbocycles. The van der Waals surface area contributed by atoms with E-state index in [1.165, 1.54) is 28.4 Å². The first-order valence-electron chi connectivity index (χ1n) is 11.1. The molecule has 4 heterocycles. The summed E-state index contributed by atoms with van der Waals surface area (Å²) in [6.45, 7) is 4.34. The third-order valence-electron chi connectivity index (χ3n) is 6.15. The molecule has 0 spiro atoms. The second-order valence-corrected chi connectivity index (χ2v) is 12.1. The number of pyridine rings is 1. The van der Waals surface area contributed by atoms with Crippen LogP contribution in [0.2, 0.25) is 0 Å². The third kappa shape index (κ3) is 4.96. The number of halogens is 1. The van der Waals surface area contributed by atoms with E-state index in [-0.39, 0.29) is 33.2 Å². The van der Waals surface area contributed by atoms with Crippen molar-refractivity contribution in [2.45, 2.75) is 55.7 Å². The summed E-state index contributed by atoms with van der Waals surface area (Å²) in [5.41, 5.74) is 0.0991. The molecule has 1 unspecified atom stereocenters. The lowest BCUT2D eigenvalue weighted by Crippen LogP contribution is -2.33. The van der Waals surface area contributed by atoms with Crippen LogP contribution in [0.1, 0.15) is 44.8 Å². The van der Waals surface area contributed by atoms with Crippen LogP contribution in [0, 0.1) is 11.7 Å². The number of hydrogen-bond donors (Lipinski definition) is 0. The number of fused-ring (bicyclic) bond motifs is 1. The monoisotopic (exact) mass is 507 g/mol. The molecule has 0 amide bonds. The first-order chi connectivity index (χ1) is 16.2. The van der Waals surface area contributed by atoms with Crippen LogP contribution >= 0.6 is 11.3 Å². The van der Waals surface area contributed by atoms with Crippen LogP contribution in [0.25, 0.3) is 10.2 Å². The minimum absolute atomic E-state index is 0.0366. The average molecular weight is 508 g/mol. The number of nitrogens with zero attached hydrogens (tertiary/aromatic N) is 3. The molecule has 1 fully saturated rings. The van der Waals surface area contributed by atoms with Crippen molar-refractivity contribution in [1.82, 2.24) is 14.5 Å². The molecule has 1 saturated heterocycles. The summed E-state index contributed by atoms with van der Waals surface area (Å²) in [6.07, 6.45) is 4.25. The van der Waals surface area contributed by atoms with Crippen molar-refractivity contribution in [3.05, 3.63) is 51.9 Å². The standard InChI is InChI=1S/C23H26FN3O5S2/c1-14(2)34(30,31)20-12-33-22-21(20)26-13-27(23(22)29)18(9-15-5-7-32-8-6-15)19(28)10-17-4-3-16(24)11-25-17/h3-4,11-15,18H,5-10H2,1-2H3. The molecule has 182 valence electrons. The molecule has 0 radical (unpaired) electrons. The van der Waals surface area contributed by atoms with Gasteiger partial charge in [0.2, 0.25) is 0 Å². The smallest absolute Gasteiger partial charge is 0.272 e. The molecule has 3 aromatic heterocycles. The summed E-state index contributed by atoms with van der Waals surface area (Å²) in [4.78, 5) is 35.1. The Hall–Kier alpha value is -2.50. The van der Waals surface area contributed by atoms with Crippen molar-refractivity contribution in [2.75, 3.05) is 13.2 Å². The van der Waals surface area contributed by atoms with Crippen LogP contribution in [0.15, 0.2) is 39.7 Å². The van der Waals surface area contributed by atoms with E-state index in [0.29, 0.717) is 25.3 Å². The van der Waals surface area contributed by atoms with Crippen LogP contribution < -0.4 is 5.56 Å². The molecule has 0 bridgehead atoms. The highest BCUT2D eigenvalue weighted by Gasteiger charge is 2.30. The van der Waals surface area contributed by atoms with Gasteiger partial charge in [0, 0.05) is 24.3 Å². The van der Waals surface area contributed by atoms with Crippen LogP contribution in [-0.2, 0) is 25.8 Å². The molecule has 1 aliphatic rings. The van der Waals surface area contributed by atoms with Gasteiger partial charge >= 0.3 is 0 Å². The van der Waals surface area contributed by atoms with Crippen LogP contribution in [0.4, 0.5) is 4.39 Å². The van der Waals surface area contributed by atoms with Crippen molar-refractivity contribution in [1.29, 1.82) is 0 Å². The number of ether oxygens (including phenoxy) is 1. The maximum Gasteiger partial charge on any atom is 0.272 e. The highest BCUT2D eigenvalue weighted by molar-refractivity contribution is 7.92. The predicted molar refractivity (Wildman–Crippen MR) is 126 cm³/mol. The molecule has 1 aliphatic heterocycles. The van der Waals surface area contributed by atoms with Gasteiger partial charge in [0.25, 0.3) is 5.56 Å². The maximum atomic E-state index is 13.4. The number of ketones is 1. The van der Waals surface area contributed by atoms with E-state index in [1.54, 1.807) is 13.8 Å². The molecule has 4 rings (SSSR count). The Labute approximate surface area is 200 Å². The van der Waals surface area contributed by atoms with E-state index in [1.807, 2.05) is 0 Å². The van der Waals surface area contributed by atoms with Gasteiger partial charge in [-0.3, -0.25) is 19.1 Å². The Morgan fingerprint density at radius 3 is 2.65 bits per heavy atom. The number of hydrogen-bond acceptors (Lipinski definition) is 8. The second kappa shape index (κ2) is 10.0. The molecule has 0 aromatic carbocycles. The zero-order valence-electron chi connectivity index (χ0n) is 18.9. The van der Waals surface area contributed by atoms with Gasteiger partial charge in [-0.1, -0.05) is 0 Å². The summed E-state index contributed by atoms with van der Waals surface area (Å²) < 4.78 is 45.6. The summed E-state index contributed by atoms with van der Waals surface area (Å²) in [7, 11) is -3.61. The molecule has 3 aromatic rings. The SMILES string of the molecule is CC(C)S(=O)(=O)c1csc2c(=O)n(C(CC3CCOCC3)C(=O)Cc3ccc(F)cn3)cnc12. The predicted octanol–water partition coefficient (Wildman–Crippen LogP) is 3.34. The van der Waals surface area contributed by atoms with Gasteiger partial charge in [0.15, 0.2) is 15.6 Å². The van der Waals surface area contributed by atoms with Crippen molar-refractivity contribution < 1.29 is 22.3 Å². The quantitative estimate of drug-likeness (QED) is 0.460. The minimum Gasteiger partial charge on any atom is -0.381 e. The Kier molecular flexibility index (Phi) is 7.25. The van der Waals surface area contributed by atoms with Gasteiger partial charge < -0.3 is 4.74 Å². The maximum absolute atomic E-state index is 13.4. The van der Waals surface area contributed by atoms with E-state index in [9.17, 15) is 22.4 Å². The molecule has 8 nitrogen and oxygen atoms in total. The summed E-state index contributed by atoms with van der Waals surface area (Å²) >= 11 is 1.02. The molecular weight excluding hydrogens is 481 g/mol. The number of Topliss-reactive ketones (excluding diaryl/α,β-unsaturated/α-hetero) is 1. The summed E-state index contributed by atoms with van der Waals surface area (Å²) in [5, 5.41) is 0.789. The van der Waals surface area contributed by atoms with E-state index in [0.717, 1.165) is 30.4 Å². The lowest BCUT2D eigenvalue weighted by atomic mass is 9.89. The zero-order chi connectivity index (χ0) is 24.5. The van der Waals surface area contributed by atoms with E-state index in [4.69, 9.17) is 4.74 Å². The molecule has 0 aliphatic carbocycles. The largest absolute Gasteiger partial charge is 0.381 e. The van der Waals surface area contributed by atoms with Gasteiger partial charge in [0.05, 0.1) is 30.2 Å². The number of aromatic nitrogens is 3. The number of carbonyl (C=O) groups excluding carboxylic acids is 1. The molecule has 34 heavy (non-hydrogen) atoms. The average Bonchev–Trinajstić information content (AvgIpc) is 3.26. The lowest BCUT2D eigenvalue weighted by molar-refractivity contribution is -0.122. The fraction of sp³-hybridized carbons (Fsp3) is 0.478. The Balaban J connectivity index is 1.73. The summed E-state index contributed by atoms with van der Waals surface area (Å²) in [6, 6.07) is 1.89. The molecule has 0 N–H and O–H groups in total. The number of sulfone groups is 1. The van der Waals surface area contributed by atoms with Gasteiger partial charge in [-0.25, -0.2) is 17.8 Å². The molecular formula is C23H26FN3O5S2. The highest BCUT2D eigenvalue weighted by atomic mass is 32.2. The second-order valence-electron chi connectivity index (χ2n) is 8.75. The van der Waals surface area contributed by atoms with Crippen molar-refractivity contribution in [2.24, 2.45) is 5.92 Å². The van der Waals surface area contributed by atoms with Gasteiger partial charge in [-0.15, -0.1) is 11.3 Å². The number of carbonyl (C=O) groups is 1. The first kappa shape index (κ1) is 24.6. The topological polar surface area (TPSA) is 108 Å². The fourth-order valence-corrected chi connectivity index (χ4v) is 6.58. The highest BCUT2D eigenvalue weighted by Crippen LogP contribution is 2.30. The van der Waals surface area contributed by atoms with Crippen LogP contribution in [0.3, 0.4) is 0 Å². The van der Waals surface area contributed by atoms with Gasteiger partial charge in [-0.05, 0) is 51.2 Å². The van der Waals surface area contributed by atoms with Crippen LogP contribution in [0.5, 0.6) is 0 Å². The third-order valence-corrected chi connectivity index (χ3v) is 9.42. The van der Waals surface area contributed by atoms with E-state index in [2.05, 4.69) is 9.97 Å². The number of thiophene rings is 1. The lowest BCUT2D eigenvalue weighted by Gasteiger charge is -2.27. The molecule has 11 heteroatoms. The zero-order valence-corrected chi connectivity index (χ0v) is 20.6.